The fourth-order valence-electron chi connectivity index (χ4n) is 5.77. The molecule has 0 amide bonds. The summed E-state index contributed by atoms with van der Waals surface area (Å²) >= 11 is 0. The van der Waals surface area contributed by atoms with E-state index in [0.717, 1.165) is 41.5 Å². The van der Waals surface area contributed by atoms with Crippen molar-refractivity contribution in [2.24, 2.45) is 0 Å². The van der Waals surface area contributed by atoms with Gasteiger partial charge in [0.05, 0.1) is 17.6 Å². The van der Waals surface area contributed by atoms with Crippen LogP contribution in [0.25, 0.3) is 28.0 Å². The summed E-state index contributed by atoms with van der Waals surface area (Å²) in [4.78, 5) is 11.4. The summed E-state index contributed by atoms with van der Waals surface area (Å²) in [6.07, 6.45) is 10.1. The van der Waals surface area contributed by atoms with Crippen LogP contribution in [0.2, 0.25) is 0 Å². The normalized spacial score (nSPS) is 21.6. The minimum Gasteiger partial charge on any atom is -0.382 e. The smallest absolute Gasteiger partial charge is 0.180 e. The Morgan fingerprint density at radius 2 is 1.75 bits per heavy atom. The standard InChI is InChI=1S/C26H25N7O2S/c1-36(34,35)24-23(18-11-19-8-9-20(12-18)32(19)15-27)31-26-21(14-30-33(26)25(24)28)17-7-10-22(29-13-17)16-5-3-2-4-6-16/h2-7,10,13-14,18-20H,8-9,11-12,28H2,1H3/t18-,19+,20-. The molecule has 2 aliphatic rings. The zero-order valence-corrected chi connectivity index (χ0v) is 20.6. The first-order valence-corrected chi connectivity index (χ1v) is 13.8. The summed E-state index contributed by atoms with van der Waals surface area (Å²) in [6, 6.07) is 14.0. The van der Waals surface area contributed by atoms with Gasteiger partial charge in [0.25, 0.3) is 0 Å². The van der Waals surface area contributed by atoms with E-state index in [-0.39, 0.29) is 28.7 Å². The van der Waals surface area contributed by atoms with Crippen LogP contribution in [0, 0.1) is 11.5 Å². The second kappa shape index (κ2) is 8.31. The van der Waals surface area contributed by atoms with Crippen LogP contribution in [0.15, 0.2) is 59.8 Å². The van der Waals surface area contributed by atoms with E-state index in [0.29, 0.717) is 24.2 Å². The van der Waals surface area contributed by atoms with Gasteiger partial charge in [0.15, 0.2) is 21.7 Å². The maximum absolute atomic E-state index is 12.9. The summed E-state index contributed by atoms with van der Waals surface area (Å²) in [5.74, 6) is -0.0434. The summed E-state index contributed by atoms with van der Waals surface area (Å²) in [5, 5.41) is 13.9. The Morgan fingerprint density at radius 3 is 2.36 bits per heavy atom. The highest BCUT2D eigenvalue weighted by Gasteiger charge is 2.43. The molecule has 4 aromatic rings. The average Bonchev–Trinajstić information content (AvgIpc) is 3.41. The number of fused-ring (bicyclic) bond motifs is 3. The minimum atomic E-state index is -3.67. The monoisotopic (exact) mass is 499 g/mol. The Balaban J connectivity index is 1.47. The van der Waals surface area contributed by atoms with Crippen molar-refractivity contribution in [3.05, 3.63) is 60.6 Å². The van der Waals surface area contributed by atoms with Crippen molar-refractivity contribution in [1.82, 2.24) is 24.5 Å². The van der Waals surface area contributed by atoms with Gasteiger partial charge in [-0.3, -0.25) is 4.98 Å². The van der Waals surface area contributed by atoms with Gasteiger partial charge in [0.1, 0.15) is 10.7 Å². The number of nitrogen functional groups attached to an aromatic ring is 1. The lowest BCUT2D eigenvalue weighted by molar-refractivity contribution is 0.195. The molecule has 36 heavy (non-hydrogen) atoms. The van der Waals surface area contributed by atoms with Crippen LogP contribution < -0.4 is 5.73 Å². The first-order valence-electron chi connectivity index (χ1n) is 11.9. The zero-order valence-electron chi connectivity index (χ0n) is 19.7. The number of piperidine rings is 1. The molecule has 6 rings (SSSR count). The third-order valence-electron chi connectivity index (χ3n) is 7.41. The molecule has 2 saturated heterocycles. The van der Waals surface area contributed by atoms with Crippen LogP contribution in [-0.2, 0) is 9.84 Å². The number of rotatable bonds is 4. The number of pyridine rings is 1. The van der Waals surface area contributed by atoms with Crippen molar-refractivity contribution >= 4 is 21.3 Å². The van der Waals surface area contributed by atoms with E-state index in [1.807, 2.05) is 47.4 Å². The second-order valence-electron chi connectivity index (χ2n) is 9.64. The van der Waals surface area contributed by atoms with Crippen molar-refractivity contribution in [3.63, 3.8) is 0 Å². The lowest BCUT2D eigenvalue weighted by atomic mass is 9.88. The molecule has 2 fully saturated rings. The summed E-state index contributed by atoms with van der Waals surface area (Å²) in [7, 11) is -3.67. The van der Waals surface area contributed by atoms with Crippen LogP contribution >= 0.6 is 0 Å². The second-order valence-corrected chi connectivity index (χ2v) is 11.6. The largest absolute Gasteiger partial charge is 0.382 e. The molecule has 0 saturated carbocycles. The number of nitrogens with zero attached hydrogens (tertiary/aromatic N) is 6. The third kappa shape index (κ3) is 3.58. The average molecular weight is 500 g/mol. The summed E-state index contributed by atoms with van der Waals surface area (Å²) in [5.41, 5.74) is 10.8. The van der Waals surface area contributed by atoms with E-state index in [4.69, 9.17) is 10.7 Å². The molecule has 3 aromatic heterocycles. The van der Waals surface area contributed by atoms with Crippen LogP contribution in [-0.4, -0.2) is 51.2 Å². The molecular formula is C26H25N7O2S. The molecule has 1 aromatic carbocycles. The van der Waals surface area contributed by atoms with Gasteiger partial charge in [-0.25, -0.2) is 13.4 Å². The number of nitriles is 1. The van der Waals surface area contributed by atoms with Gasteiger partial charge in [0.2, 0.25) is 0 Å². The highest BCUT2D eigenvalue weighted by Crippen LogP contribution is 2.45. The van der Waals surface area contributed by atoms with Crippen molar-refractivity contribution in [2.75, 3.05) is 12.0 Å². The maximum Gasteiger partial charge on any atom is 0.180 e. The number of aromatic nitrogens is 4. The minimum absolute atomic E-state index is 0.0389. The Morgan fingerprint density at radius 1 is 1.03 bits per heavy atom. The maximum atomic E-state index is 12.9. The number of sulfone groups is 1. The number of nitrogens with two attached hydrogens (primary N) is 1. The fourth-order valence-corrected chi connectivity index (χ4v) is 6.83. The van der Waals surface area contributed by atoms with Gasteiger partial charge in [-0.15, -0.1) is 0 Å². The SMILES string of the molecule is CS(=O)(=O)c1c([C@H]2C[C@H]3CC[C@@H](C2)N3C#N)nc2c(-c3ccc(-c4ccccc4)nc3)cnn2c1N. The predicted octanol–water partition coefficient (Wildman–Crippen LogP) is 3.64. The van der Waals surface area contributed by atoms with E-state index in [9.17, 15) is 13.7 Å². The van der Waals surface area contributed by atoms with Crippen LogP contribution in [0.3, 0.4) is 0 Å². The lowest BCUT2D eigenvalue weighted by Crippen LogP contribution is -2.39. The number of hydrogen-bond acceptors (Lipinski definition) is 8. The molecule has 0 radical (unpaired) electrons. The van der Waals surface area contributed by atoms with Crippen molar-refractivity contribution in [1.29, 1.82) is 5.26 Å². The summed E-state index contributed by atoms with van der Waals surface area (Å²) in [6.45, 7) is 0. The quantitative estimate of drug-likeness (QED) is 0.421. The molecule has 0 spiro atoms. The molecule has 9 nitrogen and oxygen atoms in total. The van der Waals surface area contributed by atoms with Gasteiger partial charge < -0.3 is 10.6 Å². The Kier molecular flexibility index (Phi) is 5.19. The van der Waals surface area contributed by atoms with Gasteiger partial charge in [0, 0.05) is 47.1 Å². The molecule has 0 unspecified atom stereocenters. The van der Waals surface area contributed by atoms with Gasteiger partial charge in [-0.1, -0.05) is 36.4 Å². The van der Waals surface area contributed by atoms with Crippen LogP contribution in [0.4, 0.5) is 5.82 Å². The van der Waals surface area contributed by atoms with Gasteiger partial charge in [-0.2, -0.15) is 14.9 Å². The third-order valence-corrected chi connectivity index (χ3v) is 8.57. The molecule has 182 valence electrons. The van der Waals surface area contributed by atoms with Gasteiger partial charge >= 0.3 is 0 Å². The number of hydrogen-bond donors (Lipinski definition) is 1. The molecular weight excluding hydrogens is 474 g/mol. The molecule has 5 heterocycles. The Hall–Kier alpha value is -3.97. The molecule has 2 bridgehead atoms. The highest BCUT2D eigenvalue weighted by atomic mass is 32.2. The van der Waals surface area contributed by atoms with Gasteiger partial charge in [-0.05, 0) is 31.7 Å². The number of benzene rings is 1. The molecule has 2 aliphatic heterocycles. The van der Waals surface area contributed by atoms with Crippen molar-refractivity contribution < 1.29 is 8.42 Å². The predicted molar refractivity (Wildman–Crippen MR) is 135 cm³/mol. The van der Waals surface area contributed by atoms with E-state index in [1.165, 1.54) is 4.52 Å². The topological polar surface area (TPSA) is 130 Å². The number of anilines is 1. The van der Waals surface area contributed by atoms with Crippen molar-refractivity contribution in [3.8, 4) is 28.6 Å². The van der Waals surface area contributed by atoms with E-state index in [1.54, 1.807) is 12.4 Å². The van der Waals surface area contributed by atoms with Crippen molar-refractivity contribution in [2.45, 2.75) is 48.6 Å². The first-order chi connectivity index (χ1) is 17.3. The molecule has 10 heteroatoms. The first kappa shape index (κ1) is 22.5. The molecule has 3 atom stereocenters. The van der Waals surface area contributed by atoms with Crippen LogP contribution in [0.5, 0.6) is 0 Å². The summed E-state index contributed by atoms with van der Waals surface area (Å²) < 4.78 is 27.2. The van der Waals surface area contributed by atoms with E-state index in [2.05, 4.69) is 16.3 Å². The highest BCUT2D eigenvalue weighted by molar-refractivity contribution is 7.91. The molecule has 2 N–H and O–H groups in total. The fraction of sp³-hybridized carbons (Fsp3) is 0.308. The Labute approximate surface area is 209 Å². The van der Waals surface area contributed by atoms with E-state index < -0.39 is 9.84 Å². The Bertz CT molecular complexity index is 1590. The van der Waals surface area contributed by atoms with Crippen LogP contribution in [0.1, 0.15) is 37.3 Å². The molecule has 0 aliphatic carbocycles. The zero-order chi connectivity index (χ0) is 25.0. The lowest BCUT2D eigenvalue weighted by Gasteiger charge is -2.35. The van der Waals surface area contributed by atoms with E-state index >= 15 is 0 Å².